The Balaban J connectivity index is 2.27. The second kappa shape index (κ2) is 6.95. The predicted molar refractivity (Wildman–Crippen MR) is 81.6 cm³/mol. The van der Waals surface area contributed by atoms with Gasteiger partial charge in [0.15, 0.2) is 0 Å². The summed E-state index contributed by atoms with van der Waals surface area (Å²) in [7, 11) is 5.61. The first-order chi connectivity index (χ1) is 9.71. The van der Waals surface area contributed by atoms with Gasteiger partial charge in [-0.15, -0.1) is 0 Å². The SMILES string of the molecule is CCNCC1CCN(C)C1c1ccc(OC)cc1OC. The highest BCUT2D eigenvalue weighted by molar-refractivity contribution is 5.43. The summed E-state index contributed by atoms with van der Waals surface area (Å²) < 4.78 is 10.9. The summed E-state index contributed by atoms with van der Waals surface area (Å²) in [6.45, 7) is 5.37. The maximum Gasteiger partial charge on any atom is 0.127 e. The van der Waals surface area contributed by atoms with Gasteiger partial charge in [0.05, 0.1) is 14.2 Å². The number of nitrogens with one attached hydrogen (secondary N) is 1. The average molecular weight is 278 g/mol. The van der Waals surface area contributed by atoms with Gasteiger partial charge in [0.2, 0.25) is 0 Å². The van der Waals surface area contributed by atoms with Gasteiger partial charge in [-0.25, -0.2) is 0 Å². The smallest absolute Gasteiger partial charge is 0.127 e. The maximum atomic E-state index is 5.57. The molecule has 20 heavy (non-hydrogen) atoms. The van der Waals surface area contributed by atoms with Crippen molar-refractivity contribution in [2.45, 2.75) is 19.4 Å². The summed E-state index contributed by atoms with van der Waals surface area (Å²) in [5.74, 6) is 2.39. The van der Waals surface area contributed by atoms with Gasteiger partial charge in [0.25, 0.3) is 0 Å². The lowest BCUT2D eigenvalue weighted by molar-refractivity contribution is 0.263. The minimum absolute atomic E-state index is 0.412. The van der Waals surface area contributed by atoms with E-state index in [-0.39, 0.29) is 0 Å². The van der Waals surface area contributed by atoms with Gasteiger partial charge in [0.1, 0.15) is 11.5 Å². The molecular weight excluding hydrogens is 252 g/mol. The van der Waals surface area contributed by atoms with E-state index in [9.17, 15) is 0 Å². The van der Waals surface area contributed by atoms with E-state index < -0.39 is 0 Å². The van der Waals surface area contributed by atoms with Crippen LogP contribution in [0.3, 0.4) is 0 Å². The fraction of sp³-hybridized carbons (Fsp3) is 0.625. The standard InChI is InChI=1S/C16H26N2O2/c1-5-17-11-12-8-9-18(2)16(12)14-7-6-13(19-3)10-15(14)20-4/h6-7,10,12,16-17H,5,8-9,11H2,1-4H3. The molecule has 1 aliphatic heterocycles. The number of hydrogen-bond acceptors (Lipinski definition) is 4. The molecule has 0 spiro atoms. The van der Waals surface area contributed by atoms with Crippen molar-refractivity contribution in [3.05, 3.63) is 23.8 Å². The largest absolute Gasteiger partial charge is 0.497 e. The number of ether oxygens (including phenoxy) is 2. The van der Waals surface area contributed by atoms with Crippen LogP contribution in [-0.2, 0) is 0 Å². The van der Waals surface area contributed by atoms with Crippen molar-refractivity contribution >= 4 is 0 Å². The third-order valence-corrected chi connectivity index (χ3v) is 4.19. The Labute approximate surface area is 122 Å². The van der Waals surface area contributed by atoms with Crippen LogP contribution in [0.1, 0.15) is 24.9 Å². The van der Waals surface area contributed by atoms with Crippen LogP contribution in [0.15, 0.2) is 18.2 Å². The molecule has 1 aliphatic rings. The molecule has 0 amide bonds. The van der Waals surface area contributed by atoms with Gasteiger partial charge in [0, 0.05) is 17.7 Å². The summed E-state index contributed by atoms with van der Waals surface area (Å²) in [6.07, 6.45) is 1.23. The van der Waals surface area contributed by atoms with Crippen molar-refractivity contribution in [3.63, 3.8) is 0 Å². The highest BCUT2D eigenvalue weighted by Crippen LogP contribution is 2.41. The molecule has 2 atom stereocenters. The van der Waals surface area contributed by atoms with Crippen LogP contribution in [0.4, 0.5) is 0 Å². The first-order valence-corrected chi connectivity index (χ1v) is 7.34. The van der Waals surface area contributed by atoms with Gasteiger partial charge in [-0.3, -0.25) is 4.90 Å². The molecule has 0 radical (unpaired) electrons. The molecule has 1 N–H and O–H groups in total. The Morgan fingerprint density at radius 1 is 1.30 bits per heavy atom. The van der Waals surface area contributed by atoms with Crippen molar-refractivity contribution in [3.8, 4) is 11.5 Å². The molecule has 112 valence electrons. The van der Waals surface area contributed by atoms with Gasteiger partial charge in [-0.1, -0.05) is 13.0 Å². The van der Waals surface area contributed by atoms with E-state index in [0.29, 0.717) is 12.0 Å². The van der Waals surface area contributed by atoms with E-state index in [0.717, 1.165) is 31.1 Å². The molecule has 2 unspecified atom stereocenters. The van der Waals surface area contributed by atoms with Gasteiger partial charge in [-0.2, -0.15) is 0 Å². The summed E-state index contributed by atoms with van der Waals surface area (Å²) in [4.78, 5) is 2.42. The fourth-order valence-electron chi connectivity index (χ4n) is 3.12. The number of likely N-dealkylation sites (tertiary alicyclic amines) is 1. The minimum atomic E-state index is 0.412. The zero-order chi connectivity index (χ0) is 14.5. The lowest BCUT2D eigenvalue weighted by atomic mass is 9.93. The second-order valence-electron chi connectivity index (χ2n) is 5.39. The van der Waals surface area contributed by atoms with E-state index in [1.54, 1.807) is 14.2 Å². The molecule has 4 heteroatoms. The highest BCUT2D eigenvalue weighted by Gasteiger charge is 2.34. The Hall–Kier alpha value is -1.26. The lowest BCUT2D eigenvalue weighted by Crippen LogP contribution is -2.28. The van der Waals surface area contributed by atoms with Crippen LogP contribution in [0, 0.1) is 5.92 Å². The molecule has 0 aromatic heterocycles. The number of benzene rings is 1. The summed E-state index contributed by atoms with van der Waals surface area (Å²) in [6, 6.07) is 6.55. The number of nitrogens with zero attached hydrogens (tertiary/aromatic N) is 1. The predicted octanol–water partition coefficient (Wildman–Crippen LogP) is 2.31. The van der Waals surface area contributed by atoms with Crippen molar-refractivity contribution in [2.75, 3.05) is 40.9 Å². The van der Waals surface area contributed by atoms with Crippen molar-refractivity contribution < 1.29 is 9.47 Å². The Kier molecular flexibility index (Phi) is 5.26. The Morgan fingerprint density at radius 3 is 2.75 bits per heavy atom. The van der Waals surface area contributed by atoms with Crippen LogP contribution >= 0.6 is 0 Å². The zero-order valence-corrected chi connectivity index (χ0v) is 13.0. The van der Waals surface area contributed by atoms with E-state index in [2.05, 4.69) is 30.3 Å². The van der Waals surface area contributed by atoms with Crippen LogP contribution in [0.2, 0.25) is 0 Å². The lowest BCUT2D eigenvalue weighted by Gasteiger charge is -2.27. The van der Waals surface area contributed by atoms with E-state index in [1.807, 2.05) is 12.1 Å². The van der Waals surface area contributed by atoms with E-state index >= 15 is 0 Å². The van der Waals surface area contributed by atoms with Crippen LogP contribution in [0.25, 0.3) is 0 Å². The Morgan fingerprint density at radius 2 is 2.10 bits per heavy atom. The third-order valence-electron chi connectivity index (χ3n) is 4.19. The topological polar surface area (TPSA) is 33.7 Å². The number of hydrogen-bond donors (Lipinski definition) is 1. The zero-order valence-electron chi connectivity index (χ0n) is 13.0. The van der Waals surface area contributed by atoms with Crippen molar-refractivity contribution in [2.24, 2.45) is 5.92 Å². The molecule has 4 nitrogen and oxygen atoms in total. The molecule has 1 aromatic carbocycles. The van der Waals surface area contributed by atoms with Crippen molar-refractivity contribution in [1.82, 2.24) is 10.2 Å². The second-order valence-corrected chi connectivity index (χ2v) is 5.39. The van der Waals surface area contributed by atoms with Gasteiger partial charge < -0.3 is 14.8 Å². The molecule has 0 aliphatic carbocycles. The normalized spacial score (nSPS) is 23.0. The van der Waals surface area contributed by atoms with Crippen molar-refractivity contribution in [1.29, 1.82) is 0 Å². The minimum Gasteiger partial charge on any atom is -0.497 e. The molecule has 2 rings (SSSR count). The quantitative estimate of drug-likeness (QED) is 0.866. The molecule has 0 saturated carbocycles. The van der Waals surface area contributed by atoms with Crippen LogP contribution in [0.5, 0.6) is 11.5 Å². The molecule has 0 bridgehead atoms. The highest BCUT2D eigenvalue weighted by atomic mass is 16.5. The van der Waals surface area contributed by atoms with E-state index in [4.69, 9.17) is 9.47 Å². The van der Waals surface area contributed by atoms with E-state index in [1.165, 1.54) is 12.0 Å². The number of rotatable bonds is 6. The van der Waals surface area contributed by atoms with Crippen LogP contribution in [-0.4, -0.2) is 45.8 Å². The summed E-state index contributed by atoms with van der Waals surface area (Å²) in [5, 5.41) is 3.48. The summed E-state index contributed by atoms with van der Waals surface area (Å²) in [5.41, 5.74) is 1.26. The first kappa shape index (κ1) is 15.1. The Bertz CT molecular complexity index is 436. The first-order valence-electron chi connectivity index (χ1n) is 7.34. The number of methoxy groups -OCH3 is 2. The van der Waals surface area contributed by atoms with Crippen LogP contribution < -0.4 is 14.8 Å². The molecular formula is C16H26N2O2. The van der Waals surface area contributed by atoms with Gasteiger partial charge >= 0.3 is 0 Å². The molecule has 1 fully saturated rings. The average Bonchev–Trinajstić information content (AvgIpc) is 2.85. The molecule has 1 aromatic rings. The maximum absolute atomic E-state index is 5.57. The van der Waals surface area contributed by atoms with Gasteiger partial charge in [-0.05, 0) is 45.1 Å². The third kappa shape index (κ3) is 3.07. The fourth-order valence-corrected chi connectivity index (χ4v) is 3.12. The molecule has 1 heterocycles. The molecule has 1 saturated heterocycles. The summed E-state index contributed by atoms with van der Waals surface area (Å²) >= 11 is 0. The monoisotopic (exact) mass is 278 g/mol.